The van der Waals surface area contributed by atoms with Gasteiger partial charge in [-0.2, -0.15) is 0 Å². The maximum atomic E-state index is 12.0. The number of amides is 1. The van der Waals surface area contributed by atoms with Gasteiger partial charge < -0.3 is 10.4 Å². The SMILES string of the molecule is CC1CCCC(CCNC(=O)c2cc(O)ccc2Cl)C1. The number of halogens is 1. The first kappa shape index (κ1) is 15.2. The summed E-state index contributed by atoms with van der Waals surface area (Å²) in [5.41, 5.74) is 0.337. The van der Waals surface area contributed by atoms with Crippen LogP contribution in [0.4, 0.5) is 0 Å². The van der Waals surface area contributed by atoms with Crippen molar-refractivity contribution in [3.63, 3.8) is 0 Å². The van der Waals surface area contributed by atoms with Crippen molar-refractivity contribution in [1.82, 2.24) is 5.32 Å². The Kier molecular flexibility index (Phi) is 5.30. The van der Waals surface area contributed by atoms with E-state index in [4.69, 9.17) is 11.6 Å². The Morgan fingerprint density at radius 3 is 3.00 bits per heavy atom. The number of benzene rings is 1. The van der Waals surface area contributed by atoms with E-state index in [1.165, 1.54) is 43.9 Å². The molecule has 0 saturated heterocycles. The molecule has 1 aromatic carbocycles. The summed E-state index contributed by atoms with van der Waals surface area (Å²) in [6, 6.07) is 4.41. The number of rotatable bonds is 4. The summed E-state index contributed by atoms with van der Waals surface area (Å²) < 4.78 is 0. The molecule has 20 heavy (non-hydrogen) atoms. The second kappa shape index (κ2) is 6.98. The first-order chi connectivity index (χ1) is 9.56. The molecule has 1 aliphatic carbocycles. The second-order valence-corrected chi connectivity index (χ2v) is 6.25. The Bertz CT molecular complexity index is 476. The zero-order valence-corrected chi connectivity index (χ0v) is 12.6. The lowest BCUT2D eigenvalue weighted by molar-refractivity contribution is 0.0949. The summed E-state index contributed by atoms with van der Waals surface area (Å²) in [6.45, 7) is 2.97. The van der Waals surface area contributed by atoms with E-state index in [0.29, 0.717) is 17.1 Å². The monoisotopic (exact) mass is 295 g/mol. The molecule has 1 amide bonds. The summed E-state index contributed by atoms with van der Waals surface area (Å²) in [7, 11) is 0. The van der Waals surface area contributed by atoms with Crippen molar-refractivity contribution in [2.75, 3.05) is 6.54 Å². The summed E-state index contributed by atoms with van der Waals surface area (Å²) in [5, 5.41) is 12.7. The molecular formula is C16H22ClNO2. The van der Waals surface area contributed by atoms with E-state index in [2.05, 4.69) is 12.2 Å². The lowest BCUT2D eigenvalue weighted by atomic mass is 9.81. The predicted octanol–water partition coefficient (Wildman–Crippen LogP) is 3.99. The van der Waals surface area contributed by atoms with Crippen molar-refractivity contribution < 1.29 is 9.90 Å². The molecule has 0 aromatic heterocycles. The number of nitrogens with one attached hydrogen (secondary N) is 1. The zero-order chi connectivity index (χ0) is 14.5. The fraction of sp³-hybridized carbons (Fsp3) is 0.562. The smallest absolute Gasteiger partial charge is 0.252 e. The minimum absolute atomic E-state index is 0.0562. The molecule has 0 spiro atoms. The van der Waals surface area contributed by atoms with Gasteiger partial charge in [0.25, 0.3) is 5.91 Å². The van der Waals surface area contributed by atoms with Gasteiger partial charge in [0.2, 0.25) is 0 Å². The highest BCUT2D eigenvalue weighted by molar-refractivity contribution is 6.33. The number of aromatic hydroxyl groups is 1. The van der Waals surface area contributed by atoms with E-state index >= 15 is 0 Å². The highest BCUT2D eigenvalue weighted by Gasteiger charge is 2.19. The summed E-state index contributed by atoms with van der Waals surface area (Å²) in [4.78, 5) is 12.0. The molecule has 2 unspecified atom stereocenters. The number of hydrogen-bond acceptors (Lipinski definition) is 2. The van der Waals surface area contributed by atoms with Crippen LogP contribution in [-0.2, 0) is 0 Å². The van der Waals surface area contributed by atoms with Crippen LogP contribution >= 0.6 is 11.6 Å². The summed E-state index contributed by atoms with van der Waals surface area (Å²) >= 11 is 5.97. The van der Waals surface area contributed by atoms with Gasteiger partial charge in [-0.05, 0) is 42.9 Å². The number of carbonyl (C=O) groups is 1. The fourth-order valence-electron chi connectivity index (χ4n) is 2.99. The van der Waals surface area contributed by atoms with Crippen LogP contribution in [0.25, 0.3) is 0 Å². The summed E-state index contributed by atoms with van der Waals surface area (Å²) in [6.07, 6.45) is 6.20. The van der Waals surface area contributed by atoms with Gasteiger partial charge in [-0.1, -0.05) is 37.8 Å². The third-order valence-corrected chi connectivity index (χ3v) is 4.41. The molecule has 0 aliphatic heterocycles. The van der Waals surface area contributed by atoms with Crippen molar-refractivity contribution in [3.8, 4) is 5.75 Å². The molecule has 0 bridgehead atoms. The molecule has 0 heterocycles. The maximum absolute atomic E-state index is 12.0. The van der Waals surface area contributed by atoms with Gasteiger partial charge in [-0.15, -0.1) is 0 Å². The Morgan fingerprint density at radius 1 is 1.45 bits per heavy atom. The Hall–Kier alpha value is -1.22. The lowest BCUT2D eigenvalue weighted by Crippen LogP contribution is -2.27. The molecule has 4 heteroatoms. The maximum Gasteiger partial charge on any atom is 0.252 e. The van der Waals surface area contributed by atoms with Crippen LogP contribution in [-0.4, -0.2) is 17.6 Å². The van der Waals surface area contributed by atoms with Gasteiger partial charge in [0.1, 0.15) is 5.75 Å². The molecule has 110 valence electrons. The molecule has 0 radical (unpaired) electrons. The average molecular weight is 296 g/mol. The average Bonchev–Trinajstić information content (AvgIpc) is 2.41. The molecule has 2 rings (SSSR count). The Morgan fingerprint density at radius 2 is 2.25 bits per heavy atom. The number of phenolic OH excluding ortho intramolecular Hbond substituents is 1. The third kappa shape index (κ3) is 4.14. The van der Waals surface area contributed by atoms with Gasteiger partial charge in [-0.3, -0.25) is 4.79 Å². The molecule has 2 N–H and O–H groups in total. The van der Waals surface area contributed by atoms with Crippen LogP contribution in [0.15, 0.2) is 18.2 Å². The largest absolute Gasteiger partial charge is 0.508 e. The minimum Gasteiger partial charge on any atom is -0.508 e. The number of hydrogen-bond donors (Lipinski definition) is 2. The predicted molar refractivity (Wildman–Crippen MR) is 81.2 cm³/mol. The number of carbonyl (C=O) groups excluding carboxylic acids is 1. The quantitative estimate of drug-likeness (QED) is 0.882. The molecular weight excluding hydrogens is 274 g/mol. The van der Waals surface area contributed by atoms with Gasteiger partial charge in [-0.25, -0.2) is 0 Å². The Labute approximate surface area is 125 Å². The highest BCUT2D eigenvalue weighted by atomic mass is 35.5. The number of phenols is 1. The second-order valence-electron chi connectivity index (χ2n) is 5.85. The third-order valence-electron chi connectivity index (χ3n) is 4.08. The van der Waals surface area contributed by atoms with Crippen LogP contribution in [0.2, 0.25) is 5.02 Å². The normalized spacial score (nSPS) is 22.5. The van der Waals surface area contributed by atoms with Gasteiger partial charge in [0.05, 0.1) is 10.6 Å². The van der Waals surface area contributed by atoms with E-state index in [-0.39, 0.29) is 11.7 Å². The van der Waals surface area contributed by atoms with Crippen molar-refractivity contribution in [2.24, 2.45) is 11.8 Å². The van der Waals surface area contributed by atoms with Crippen LogP contribution in [0.5, 0.6) is 5.75 Å². The standard InChI is InChI=1S/C16H22ClNO2/c1-11-3-2-4-12(9-11)7-8-18-16(20)14-10-13(19)5-6-15(14)17/h5-6,10-12,19H,2-4,7-9H2,1H3,(H,18,20). The van der Waals surface area contributed by atoms with E-state index in [0.717, 1.165) is 18.3 Å². The van der Waals surface area contributed by atoms with Crippen molar-refractivity contribution >= 4 is 17.5 Å². The molecule has 1 fully saturated rings. The topological polar surface area (TPSA) is 49.3 Å². The highest BCUT2D eigenvalue weighted by Crippen LogP contribution is 2.30. The molecule has 1 saturated carbocycles. The van der Waals surface area contributed by atoms with Crippen molar-refractivity contribution in [2.45, 2.75) is 39.0 Å². The first-order valence-electron chi connectivity index (χ1n) is 7.33. The van der Waals surface area contributed by atoms with E-state index < -0.39 is 0 Å². The van der Waals surface area contributed by atoms with Gasteiger partial charge >= 0.3 is 0 Å². The van der Waals surface area contributed by atoms with Gasteiger partial charge in [0, 0.05) is 6.54 Å². The molecule has 1 aromatic rings. The minimum atomic E-state index is -0.213. The van der Waals surface area contributed by atoms with E-state index in [9.17, 15) is 9.90 Å². The lowest BCUT2D eigenvalue weighted by Gasteiger charge is -2.26. The van der Waals surface area contributed by atoms with E-state index in [1.54, 1.807) is 0 Å². The van der Waals surface area contributed by atoms with Crippen LogP contribution in [0, 0.1) is 11.8 Å². The zero-order valence-electron chi connectivity index (χ0n) is 11.9. The van der Waals surface area contributed by atoms with Crippen LogP contribution in [0.3, 0.4) is 0 Å². The fourth-order valence-corrected chi connectivity index (χ4v) is 3.20. The molecule has 2 atom stereocenters. The molecule has 3 nitrogen and oxygen atoms in total. The van der Waals surface area contributed by atoms with Crippen LogP contribution < -0.4 is 5.32 Å². The summed E-state index contributed by atoms with van der Waals surface area (Å²) in [5.74, 6) is 1.37. The first-order valence-corrected chi connectivity index (χ1v) is 7.70. The van der Waals surface area contributed by atoms with E-state index in [1.807, 2.05) is 0 Å². The Balaban J connectivity index is 1.81. The van der Waals surface area contributed by atoms with Gasteiger partial charge in [0.15, 0.2) is 0 Å². The van der Waals surface area contributed by atoms with Crippen molar-refractivity contribution in [3.05, 3.63) is 28.8 Å². The molecule has 1 aliphatic rings. The van der Waals surface area contributed by atoms with Crippen molar-refractivity contribution in [1.29, 1.82) is 0 Å². The van der Waals surface area contributed by atoms with Crippen LogP contribution in [0.1, 0.15) is 49.4 Å².